The first-order valence-corrected chi connectivity index (χ1v) is 13.7. The topological polar surface area (TPSA) is 69.1 Å². The van der Waals surface area contributed by atoms with Gasteiger partial charge in [-0.05, 0) is 35.4 Å². The smallest absolute Gasteiger partial charge is 0.219 e. The van der Waals surface area contributed by atoms with Crippen LogP contribution in [0.15, 0.2) is 97.6 Å². The third kappa shape index (κ3) is 5.73. The lowest BCUT2D eigenvalue weighted by atomic mass is 10.00. The molecule has 1 amide bonds. The maximum absolute atomic E-state index is 11.6. The SMILES string of the molecule is CC(=O)N1CCN(c2ccc(OCC3COC(Cn4ccnc4)(c4ccc(-c5ccccc5)cc4)O3)cc2)CC1. The van der Waals surface area contributed by atoms with Crippen LogP contribution in [0.5, 0.6) is 5.75 Å². The molecule has 0 N–H and O–H groups in total. The molecule has 0 bridgehead atoms. The van der Waals surface area contributed by atoms with Crippen molar-refractivity contribution in [3.8, 4) is 16.9 Å². The van der Waals surface area contributed by atoms with Crippen LogP contribution >= 0.6 is 0 Å². The van der Waals surface area contributed by atoms with Gasteiger partial charge in [0, 0.05) is 56.7 Å². The molecule has 0 saturated carbocycles. The number of nitrogens with zero attached hydrogens (tertiary/aromatic N) is 4. The van der Waals surface area contributed by atoms with Gasteiger partial charge in [-0.1, -0.05) is 54.6 Å². The highest BCUT2D eigenvalue weighted by Crippen LogP contribution is 2.37. The minimum Gasteiger partial charge on any atom is -0.491 e. The maximum Gasteiger partial charge on any atom is 0.219 e. The van der Waals surface area contributed by atoms with E-state index < -0.39 is 5.79 Å². The number of amides is 1. The van der Waals surface area contributed by atoms with E-state index >= 15 is 0 Å². The Morgan fingerprint density at radius 3 is 2.35 bits per heavy atom. The zero-order valence-corrected chi connectivity index (χ0v) is 22.7. The van der Waals surface area contributed by atoms with E-state index in [1.54, 1.807) is 19.4 Å². The van der Waals surface area contributed by atoms with Crippen LogP contribution < -0.4 is 9.64 Å². The number of hydrogen-bond acceptors (Lipinski definition) is 6. The lowest BCUT2D eigenvalue weighted by Gasteiger charge is -2.35. The molecule has 2 fully saturated rings. The monoisotopic (exact) mass is 538 g/mol. The van der Waals surface area contributed by atoms with Crippen LogP contribution in [0.3, 0.4) is 0 Å². The second-order valence-corrected chi connectivity index (χ2v) is 10.3. The number of carbonyl (C=O) groups is 1. The number of anilines is 1. The van der Waals surface area contributed by atoms with Crippen molar-refractivity contribution in [2.24, 2.45) is 0 Å². The first-order chi connectivity index (χ1) is 19.6. The van der Waals surface area contributed by atoms with E-state index in [4.69, 9.17) is 14.2 Å². The molecule has 3 heterocycles. The molecule has 4 aromatic rings. The van der Waals surface area contributed by atoms with Crippen molar-refractivity contribution in [1.29, 1.82) is 0 Å². The highest BCUT2D eigenvalue weighted by atomic mass is 16.8. The Morgan fingerprint density at radius 2 is 1.68 bits per heavy atom. The molecule has 2 saturated heterocycles. The summed E-state index contributed by atoms with van der Waals surface area (Å²) in [5.41, 5.74) is 4.40. The molecule has 2 atom stereocenters. The van der Waals surface area contributed by atoms with Crippen molar-refractivity contribution in [1.82, 2.24) is 14.5 Å². The Kier molecular flexibility index (Phi) is 7.53. The van der Waals surface area contributed by atoms with Gasteiger partial charge in [-0.2, -0.15) is 0 Å². The highest BCUT2D eigenvalue weighted by Gasteiger charge is 2.44. The highest BCUT2D eigenvalue weighted by molar-refractivity contribution is 5.73. The standard InChI is InChI=1S/C32H34N4O4/c1-25(37)35-17-19-36(20-18-35)29-11-13-30(14-12-29)38-21-31-22-39-32(40-31,23-34-16-15-33-24-34)28-9-7-27(8-10-28)26-5-3-2-4-6-26/h2-16,24,31H,17-23H2,1H3. The minimum absolute atomic E-state index is 0.139. The van der Waals surface area contributed by atoms with Crippen LogP contribution in [0.4, 0.5) is 5.69 Å². The molecule has 0 radical (unpaired) electrons. The zero-order valence-electron chi connectivity index (χ0n) is 22.7. The van der Waals surface area contributed by atoms with Gasteiger partial charge in [0.25, 0.3) is 0 Å². The molecule has 40 heavy (non-hydrogen) atoms. The number of ether oxygens (including phenoxy) is 3. The molecule has 3 aromatic carbocycles. The van der Waals surface area contributed by atoms with Crippen LogP contribution in [-0.2, 0) is 26.6 Å². The van der Waals surface area contributed by atoms with E-state index in [1.807, 2.05) is 46.0 Å². The molecule has 206 valence electrons. The van der Waals surface area contributed by atoms with Gasteiger partial charge in [0.05, 0.1) is 19.5 Å². The van der Waals surface area contributed by atoms with Gasteiger partial charge >= 0.3 is 0 Å². The quantitative estimate of drug-likeness (QED) is 0.328. The van der Waals surface area contributed by atoms with Gasteiger partial charge in [0.15, 0.2) is 0 Å². The largest absolute Gasteiger partial charge is 0.491 e. The Bertz CT molecular complexity index is 1390. The van der Waals surface area contributed by atoms with Crippen molar-refractivity contribution < 1.29 is 19.0 Å². The Balaban J connectivity index is 1.10. The van der Waals surface area contributed by atoms with E-state index in [0.29, 0.717) is 19.8 Å². The normalized spacial score (nSPS) is 21.0. The van der Waals surface area contributed by atoms with E-state index in [2.05, 4.69) is 58.4 Å². The fourth-order valence-corrected chi connectivity index (χ4v) is 5.36. The van der Waals surface area contributed by atoms with Gasteiger partial charge in [0.2, 0.25) is 11.7 Å². The van der Waals surface area contributed by atoms with Gasteiger partial charge in [-0.15, -0.1) is 0 Å². The van der Waals surface area contributed by atoms with Crippen LogP contribution in [0.25, 0.3) is 11.1 Å². The molecule has 8 heteroatoms. The predicted octanol–water partition coefficient (Wildman–Crippen LogP) is 4.57. The lowest BCUT2D eigenvalue weighted by Crippen LogP contribution is -2.48. The summed E-state index contributed by atoms with van der Waals surface area (Å²) in [6.07, 6.45) is 5.22. The summed E-state index contributed by atoms with van der Waals surface area (Å²) in [5, 5.41) is 0. The first kappa shape index (κ1) is 26.1. The van der Waals surface area contributed by atoms with E-state index in [-0.39, 0.29) is 12.0 Å². The number of aromatic nitrogens is 2. The summed E-state index contributed by atoms with van der Waals surface area (Å²) in [4.78, 5) is 20.0. The van der Waals surface area contributed by atoms with Crippen molar-refractivity contribution in [3.63, 3.8) is 0 Å². The van der Waals surface area contributed by atoms with Crippen molar-refractivity contribution >= 4 is 11.6 Å². The van der Waals surface area contributed by atoms with Crippen molar-refractivity contribution in [3.05, 3.63) is 103 Å². The van der Waals surface area contributed by atoms with Gasteiger partial charge in [-0.3, -0.25) is 4.79 Å². The molecule has 2 aliphatic heterocycles. The third-order valence-electron chi connectivity index (χ3n) is 7.60. The predicted molar refractivity (Wildman–Crippen MR) is 153 cm³/mol. The average molecular weight is 539 g/mol. The Morgan fingerprint density at radius 1 is 0.950 bits per heavy atom. The van der Waals surface area contributed by atoms with Crippen LogP contribution in [0, 0.1) is 0 Å². The minimum atomic E-state index is -0.935. The molecule has 6 rings (SSSR count). The third-order valence-corrected chi connectivity index (χ3v) is 7.60. The van der Waals surface area contributed by atoms with Crippen molar-refractivity contribution in [2.75, 3.05) is 44.3 Å². The second-order valence-electron chi connectivity index (χ2n) is 10.3. The van der Waals surface area contributed by atoms with Gasteiger partial charge < -0.3 is 28.6 Å². The number of piperazine rings is 1. The van der Waals surface area contributed by atoms with Crippen molar-refractivity contribution in [2.45, 2.75) is 25.4 Å². The Labute approximate surface area is 234 Å². The first-order valence-electron chi connectivity index (χ1n) is 13.7. The molecule has 8 nitrogen and oxygen atoms in total. The summed E-state index contributed by atoms with van der Waals surface area (Å²) in [5.74, 6) is -0.00989. The fraction of sp³-hybridized carbons (Fsp3) is 0.312. The maximum atomic E-state index is 11.6. The second kappa shape index (κ2) is 11.5. The average Bonchev–Trinajstić information content (AvgIpc) is 3.68. The molecule has 2 unspecified atom stereocenters. The zero-order chi connectivity index (χ0) is 27.4. The molecule has 1 aromatic heterocycles. The van der Waals surface area contributed by atoms with Gasteiger partial charge in [0.1, 0.15) is 18.5 Å². The molecular weight excluding hydrogens is 504 g/mol. The van der Waals surface area contributed by atoms with Crippen LogP contribution in [0.1, 0.15) is 12.5 Å². The Hall–Kier alpha value is -4.14. The lowest BCUT2D eigenvalue weighted by molar-refractivity contribution is -0.189. The summed E-state index contributed by atoms with van der Waals surface area (Å²) in [7, 11) is 0. The molecule has 0 spiro atoms. The summed E-state index contributed by atoms with van der Waals surface area (Å²) < 4.78 is 21.1. The summed E-state index contributed by atoms with van der Waals surface area (Å²) in [6, 6.07) is 26.8. The molecular formula is C32H34N4O4. The van der Waals surface area contributed by atoms with E-state index in [9.17, 15) is 4.79 Å². The number of benzene rings is 3. The fourth-order valence-electron chi connectivity index (χ4n) is 5.36. The summed E-state index contributed by atoms with van der Waals surface area (Å²) >= 11 is 0. The summed E-state index contributed by atoms with van der Waals surface area (Å²) in [6.45, 7) is 6.09. The van der Waals surface area contributed by atoms with Gasteiger partial charge in [-0.25, -0.2) is 4.98 Å². The number of imidazole rings is 1. The van der Waals surface area contributed by atoms with Crippen LogP contribution in [0.2, 0.25) is 0 Å². The van der Waals surface area contributed by atoms with E-state index in [1.165, 1.54) is 5.56 Å². The molecule has 2 aliphatic rings. The van der Waals surface area contributed by atoms with E-state index in [0.717, 1.165) is 48.7 Å². The number of carbonyl (C=O) groups excluding carboxylic acids is 1. The van der Waals surface area contributed by atoms with Crippen LogP contribution in [-0.4, -0.2) is 65.9 Å². The number of hydrogen-bond donors (Lipinski definition) is 0. The molecule has 0 aliphatic carbocycles. The number of rotatable bonds is 8.